The minimum Gasteiger partial charge on any atom is -0.464 e. The van der Waals surface area contributed by atoms with Gasteiger partial charge in [-0.25, -0.2) is 4.98 Å². The highest BCUT2D eigenvalue weighted by Crippen LogP contribution is 2.20. The van der Waals surface area contributed by atoms with Crippen LogP contribution in [0.15, 0.2) is 53.5 Å². The van der Waals surface area contributed by atoms with Crippen LogP contribution in [0.5, 0.6) is 0 Å². The second-order valence-corrected chi connectivity index (χ2v) is 7.28. The predicted octanol–water partition coefficient (Wildman–Crippen LogP) is 5.04. The Kier molecular flexibility index (Phi) is 6.53. The molecule has 2 aromatic heterocycles. The van der Waals surface area contributed by atoms with Crippen LogP contribution in [0.25, 0.3) is 0 Å². The minimum absolute atomic E-state index is 0.621. The summed E-state index contributed by atoms with van der Waals surface area (Å²) < 4.78 is 7.80. The molecule has 0 bridgehead atoms. The van der Waals surface area contributed by atoms with Crippen molar-refractivity contribution in [2.75, 3.05) is 11.9 Å². The van der Waals surface area contributed by atoms with Gasteiger partial charge in [0.1, 0.15) is 11.5 Å². The molecule has 3 rings (SSSR count). The van der Waals surface area contributed by atoms with Crippen molar-refractivity contribution >= 4 is 34.6 Å². The molecule has 0 saturated heterocycles. The van der Waals surface area contributed by atoms with E-state index in [0.29, 0.717) is 11.7 Å². The van der Waals surface area contributed by atoms with Crippen molar-refractivity contribution in [3.63, 3.8) is 0 Å². The first kappa shape index (κ1) is 19.5. The molecule has 0 aliphatic carbocycles. The molecular weight excluding hydrogens is 380 g/mol. The molecule has 0 radical (unpaired) electrons. The molecule has 2 heterocycles. The highest BCUT2D eigenvalue weighted by atomic mass is 35.5. The summed E-state index contributed by atoms with van der Waals surface area (Å²) in [6.07, 6.45) is 6.52. The van der Waals surface area contributed by atoms with Crippen LogP contribution < -0.4 is 5.32 Å². The number of nitrogens with zero attached hydrogens (tertiary/aromatic N) is 3. The maximum Gasteiger partial charge on any atom is 0.173 e. The van der Waals surface area contributed by atoms with Gasteiger partial charge in [0.15, 0.2) is 5.11 Å². The Labute approximate surface area is 170 Å². The zero-order chi connectivity index (χ0) is 19.2. The van der Waals surface area contributed by atoms with E-state index >= 15 is 0 Å². The largest absolute Gasteiger partial charge is 0.464 e. The summed E-state index contributed by atoms with van der Waals surface area (Å²) in [5, 5.41) is 4.73. The molecule has 0 amide bonds. The number of benzene rings is 1. The van der Waals surface area contributed by atoms with Crippen LogP contribution in [0.3, 0.4) is 0 Å². The molecule has 0 saturated carbocycles. The van der Waals surface area contributed by atoms with Crippen molar-refractivity contribution in [2.45, 2.75) is 33.4 Å². The quantitative estimate of drug-likeness (QED) is 0.561. The lowest BCUT2D eigenvalue weighted by Gasteiger charge is -2.25. The number of nitrogens with one attached hydrogen (secondary N) is 1. The minimum atomic E-state index is 0.621. The molecule has 0 fully saturated rings. The van der Waals surface area contributed by atoms with Crippen molar-refractivity contribution in [1.82, 2.24) is 14.5 Å². The summed E-state index contributed by atoms with van der Waals surface area (Å²) in [5.41, 5.74) is 1.94. The average molecular weight is 403 g/mol. The van der Waals surface area contributed by atoms with E-state index in [2.05, 4.69) is 19.8 Å². The fraction of sp³-hybridized carbons (Fsp3) is 0.300. The van der Waals surface area contributed by atoms with Crippen LogP contribution in [-0.2, 0) is 13.1 Å². The molecule has 0 aliphatic rings. The van der Waals surface area contributed by atoms with E-state index < -0.39 is 0 Å². The Balaban J connectivity index is 1.66. The van der Waals surface area contributed by atoms with Crippen molar-refractivity contribution < 1.29 is 4.42 Å². The van der Waals surface area contributed by atoms with Crippen LogP contribution in [0.4, 0.5) is 5.69 Å². The molecule has 3 aromatic rings. The van der Waals surface area contributed by atoms with E-state index in [4.69, 9.17) is 28.2 Å². The maximum absolute atomic E-state index is 6.12. The summed E-state index contributed by atoms with van der Waals surface area (Å²) in [6.45, 7) is 6.23. The van der Waals surface area contributed by atoms with Crippen LogP contribution in [-0.4, -0.2) is 26.1 Å². The van der Waals surface area contributed by atoms with Crippen molar-refractivity contribution in [3.05, 3.63) is 71.2 Å². The van der Waals surface area contributed by atoms with Gasteiger partial charge in [-0.2, -0.15) is 0 Å². The first-order valence-electron chi connectivity index (χ1n) is 8.84. The topological polar surface area (TPSA) is 46.2 Å². The van der Waals surface area contributed by atoms with Gasteiger partial charge < -0.3 is 19.2 Å². The number of anilines is 1. The number of thiocarbonyl (C=S) groups is 1. The maximum atomic E-state index is 6.12. The fourth-order valence-corrected chi connectivity index (χ4v) is 3.19. The van der Waals surface area contributed by atoms with Gasteiger partial charge in [-0.1, -0.05) is 11.6 Å². The molecule has 1 aromatic carbocycles. The normalized spacial score (nSPS) is 10.8. The van der Waals surface area contributed by atoms with E-state index in [-0.39, 0.29) is 0 Å². The van der Waals surface area contributed by atoms with Crippen LogP contribution in [0, 0.1) is 13.8 Å². The Morgan fingerprint density at radius 3 is 2.81 bits per heavy atom. The predicted molar refractivity (Wildman–Crippen MR) is 113 cm³/mol. The number of imidazole rings is 1. The summed E-state index contributed by atoms with van der Waals surface area (Å²) in [6, 6.07) is 9.77. The van der Waals surface area contributed by atoms with Gasteiger partial charge in [0.05, 0.1) is 12.9 Å². The lowest BCUT2D eigenvalue weighted by atomic mass is 10.2. The molecule has 0 unspecified atom stereocenters. The zero-order valence-corrected chi connectivity index (χ0v) is 17.1. The summed E-state index contributed by atoms with van der Waals surface area (Å²) in [4.78, 5) is 6.20. The molecular formula is C20H23ClN4OS. The third-order valence-corrected chi connectivity index (χ3v) is 5.03. The molecule has 142 valence electrons. The third kappa shape index (κ3) is 5.58. The van der Waals surface area contributed by atoms with Crippen LogP contribution in [0.2, 0.25) is 5.02 Å². The lowest BCUT2D eigenvalue weighted by Crippen LogP contribution is -2.35. The molecule has 7 heteroatoms. The lowest BCUT2D eigenvalue weighted by molar-refractivity contribution is 0.348. The highest BCUT2D eigenvalue weighted by Gasteiger charge is 2.13. The fourth-order valence-electron chi connectivity index (χ4n) is 2.80. The molecule has 0 spiro atoms. The van der Waals surface area contributed by atoms with E-state index in [1.807, 2.05) is 56.7 Å². The van der Waals surface area contributed by atoms with E-state index in [0.717, 1.165) is 47.3 Å². The number of furan rings is 1. The van der Waals surface area contributed by atoms with Gasteiger partial charge in [0.2, 0.25) is 0 Å². The number of halogens is 1. The molecule has 27 heavy (non-hydrogen) atoms. The first-order chi connectivity index (χ1) is 13.0. The summed E-state index contributed by atoms with van der Waals surface area (Å²) >= 11 is 11.8. The van der Waals surface area contributed by atoms with Gasteiger partial charge in [-0.05, 0) is 68.4 Å². The molecule has 0 aliphatic heterocycles. The Morgan fingerprint density at radius 2 is 2.15 bits per heavy atom. The standard InChI is InChI=1S/C20H23ClN4OS/c1-15-12-17(5-7-19(15)21)23-20(27)25(13-18-6-4-16(2)26-18)10-3-9-24-11-8-22-14-24/h4-8,11-12,14H,3,9-10,13H2,1-2H3,(H,23,27). The second kappa shape index (κ2) is 9.06. The monoisotopic (exact) mass is 402 g/mol. The van der Waals surface area contributed by atoms with Gasteiger partial charge >= 0.3 is 0 Å². The number of aromatic nitrogens is 2. The highest BCUT2D eigenvalue weighted by molar-refractivity contribution is 7.80. The second-order valence-electron chi connectivity index (χ2n) is 6.48. The zero-order valence-electron chi connectivity index (χ0n) is 15.5. The van der Waals surface area contributed by atoms with E-state index in [9.17, 15) is 0 Å². The van der Waals surface area contributed by atoms with Crippen molar-refractivity contribution in [2.24, 2.45) is 0 Å². The van der Waals surface area contributed by atoms with E-state index in [1.54, 1.807) is 6.20 Å². The summed E-state index contributed by atoms with van der Waals surface area (Å²) in [5.74, 6) is 1.79. The number of rotatable bonds is 7. The Hall–Kier alpha value is -2.31. The van der Waals surface area contributed by atoms with Gasteiger partial charge in [-0.3, -0.25) is 0 Å². The molecule has 1 N–H and O–H groups in total. The van der Waals surface area contributed by atoms with Crippen LogP contribution >= 0.6 is 23.8 Å². The Bertz CT molecular complexity index is 891. The number of aryl methyl sites for hydroxylation is 3. The SMILES string of the molecule is Cc1ccc(CN(CCCn2ccnc2)C(=S)Nc2ccc(Cl)c(C)c2)o1. The number of hydrogen-bond acceptors (Lipinski definition) is 3. The first-order valence-corrected chi connectivity index (χ1v) is 9.63. The van der Waals surface area contributed by atoms with Crippen molar-refractivity contribution in [1.29, 1.82) is 0 Å². The van der Waals surface area contributed by atoms with E-state index in [1.165, 1.54) is 0 Å². The van der Waals surface area contributed by atoms with Gasteiger partial charge in [0.25, 0.3) is 0 Å². The number of hydrogen-bond donors (Lipinski definition) is 1. The smallest absolute Gasteiger partial charge is 0.173 e. The van der Waals surface area contributed by atoms with Crippen LogP contribution in [0.1, 0.15) is 23.5 Å². The van der Waals surface area contributed by atoms with Crippen molar-refractivity contribution in [3.8, 4) is 0 Å². The Morgan fingerprint density at radius 1 is 1.30 bits per heavy atom. The van der Waals surface area contributed by atoms with Gasteiger partial charge in [0, 0.05) is 36.2 Å². The molecule has 5 nitrogen and oxygen atoms in total. The average Bonchev–Trinajstić information content (AvgIpc) is 3.29. The third-order valence-electron chi connectivity index (χ3n) is 4.24. The summed E-state index contributed by atoms with van der Waals surface area (Å²) in [7, 11) is 0. The van der Waals surface area contributed by atoms with Gasteiger partial charge in [-0.15, -0.1) is 0 Å². The molecule has 0 atom stereocenters.